The van der Waals surface area contributed by atoms with Gasteiger partial charge in [-0.25, -0.2) is 9.97 Å². The second kappa shape index (κ2) is 5.50. The van der Waals surface area contributed by atoms with Crippen LogP contribution in [0.5, 0.6) is 0 Å². The van der Waals surface area contributed by atoms with Crippen LogP contribution in [-0.2, 0) is 10.9 Å². The molecule has 9 heteroatoms. The van der Waals surface area contributed by atoms with Crippen LogP contribution in [0.4, 0.5) is 24.8 Å². The highest BCUT2D eigenvalue weighted by Crippen LogP contribution is 2.29. The molecule has 0 aromatic carbocycles. The monoisotopic (exact) mass is 287 g/mol. The second-order valence-corrected chi connectivity index (χ2v) is 4.12. The summed E-state index contributed by atoms with van der Waals surface area (Å²) in [6.45, 7) is 0.808. The van der Waals surface area contributed by atoms with Crippen molar-refractivity contribution in [3.8, 4) is 6.07 Å². The summed E-state index contributed by atoms with van der Waals surface area (Å²) in [7, 11) is 1.48. The molecular weight excluding hydrogens is 275 g/mol. The molecule has 0 amide bonds. The van der Waals surface area contributed by atoms with Crippen molar-refractivity contribution in [2.45, 2.75) is 12.3 Å². The van der Waals surface area contributed by atoms with Gasteiger partial charge in [0.15, 0.2) is 6.10 Å². The first kappa shape index (κ1) is 14.3. The van der Waals surface area contributed by atoms with E-state index >= 15 is 0 Å². The Balaban J connectivity index is 2.33. The van der Waals surface area contributed by atoms with Gasteiger partial charge in [0.1, 0.15) is 11.6 Å². The minimum Gasteiger partial charge on any atom is -0.373 e. The molecule has 2 rings (SSSR count). The Kier molecular flexibility index (Phi) is 3.94. The highest BCUT2D eigenvalue weighted by Gasteiger charge is 2.36. The number of rotatable bonds is 2. The SMILES string of the molecule is CNc1cc(N2CCOC(C#N)C2)nc(C(F)(F)F)n1. The molecule has 0 bridgehead atoms. The van der Waals surface area contributed by atoms with Crippen LogP contribution in [0.25, 0.3) is 0 Å². The van der Waals surface area contributed by atoms with E-state index in [1.165, 1.54) is 13.1 Å². The number of alkyl halides is 3. The van der Waals surface area contributed by atoms with Gasteiger partial charge in [-0.1, -0.05) is 0 Å². The molecule has 0 aliphatic carbocycles. The van der Waals surface area contributed by atoms with Gasteiger partial charge in [0.2, 0.25) is 5.82 Å². The van der Waals surface area contributed by atoms with Crippen molar-refractivity contribution in [3.63, 3.8) is 0 Å². The summed E-state index contributed by atoms with van der Waals surface area (Å²) in [5.41, 5.74) is 0. The molecule has 108 valence electrons. The average molecular weight is 287 g/mol. The van der Waals surface area contributed by atoms with Crippen LogP contribution in [0.15, 0.2) is 6.07 Å². The Hall–Kier alpha value is -2.08. The van der Waals surface area contributed by atoms with Crippen molar-refractivity contribution in [1.82, 2.24) is 9.97 Å². The molecule has 6 nitrogen and oxygen atoms in total. The van der Waals surface area contributed by atoms with Gasteiger partial charge in [0.25, 0.3) is 0 Å². The molecule has 0 spiro atoms. The highest BCUT2D eigenvalue weighted by molar-refractivity contribution is 5.50. The summed E-state index contributed by atoms with van der Waals surface area (Å²) in [6.07, 6.45) is -5.30. The van der Waals surface area contributed by atoms with E-state index in [4.69, 9.17) is 10.00 Å². The largest absolute Gasteiger partial charge is 0.451 e. The standard InChI is InChI=1S/C11H12F3N5O/c1-16-8-4-9(18-10(17-8)11(12,13)14)19-2-3-20-7(5-15)6-19/h4,7H,2-3,6H2,1H3,(H,16,17,18). The third-order valence-electron chi connectivity index (χ3n) is 2.76. The predicted octanol–water partition coefficient (Wildman–Crippen LogP) is 1.27. The summed E-state index contributed by atoms with van der Waals surface area (Å²) in [5.74, 6) is -1.01. The molecule has 1 aromatic heterocycles. The average Bonchev–Trinajstić information content (AvgIpc) is 2.46. The van der Waals surface area contributed by atoms with E-state index in [0.717, 1.165) is 0 Å². The van der Waals surface area contributed by atoms with E-state index in [1.54, 1.807) is 4.90 Å². The van der Waals surface area contributed by atoms with Gasteiger partial charge < -0.3 is 15.0 Å². The molecule has 1 aliphatic rings. The second-order valence-electron chi connectivity index (χ2n) is 4.12. The lowest BCUT2D eigenvalue weighted by atomic mass is 10.3. The lowest BCUT2D eigenvalue weighted by Gasteiger charge is -2.31. The number of halogens is 3. The van der Waals surface area contributed by atoms with E-state index in [-0.39, 0.29) is 24.8 Å². The molecule has 0 saturated carbocycles. The van der Waals surface area contributed by atoms with Gasteiger partial charge in [-0.3, -0.25) is 0 Å². The van der Waals surface area contributed by atoms with Crippen LogP contribution in [-0.4, -0.2) is 42.8 Å². The molecule has 1 fully saturated rings. The van der Waals surface area contributed by atoms with Crippen LogP contribution in [0.3, 0.4) is 0 Å². The van der Waals surface area contributed by atoms with Crippen LogP contribution >= 0.6 is 0 Å². The zero-order chi connectivity index (χ0) is 14.8. The lowest BCUT2D eigenvalue weighted by molar-refractivity contribution is -0.144. The normalized spacial score (nSPS) is 19.6. The van der Waals surface area contributed by atoms with Crippen molar-refractivity contribution in [2.24, 2.45) is 0 Å². The zero-order valence-corrected chi connectivity index (χ0v) is 10.6. The maximum Gasteiger partial charge on any atom is 0.451 e. The molecule has 2 heterocycles. The minimum atomic E-state index is -4.62. The zero-order valence-electron chi connectivity index (χ0n) is 10.6. The Morgan fingerprint density at radius 3 is 2.85 bits per heavy atom. The topological polar surface area (TPSA) is 74.1 Å². The summed E-state index contributed by atoms with van der Waals surface area (Å²) < 4.78 is 43.4. The van der Waals surface area contributed by atoms with Crippen LogP contribution in [0.2, 0.25) is 0 Å². The number of aromatic nitrogens is 2. The number of morpholine rings is 1. The third-order valence-corrected chi connectivity index (χ3v) is 2.76. The first-order valence-electron chi connectivity index (χ1n) is 5.84. The first-order valence-corrected chi connectivity index (χ1v) is 5.84. The van der Waals surface area contributed by atoms with E-state index < -0.39 is 18.1 Å². The summed E-state index contributed by atoms with van der Waals surface area (Å²) in [5, 5.41) is 11.4. The minimum absolute atomic E-state index is 0.0716. The summed E-state index contributed by atoms with van der Waals surface area (Å²) in [6, 6.07) is 3.34. The number of anilines is 2. The van der Waals surface area contributed by atoms with Crippen molar-refractivity contribution in [3.05, 3.63) is 11.9 Å². The predicted molar refractivity (Wildman–Crippen MR) is 64.1 cm³/mol. The van der Waals surface area contributed by atoms with Gasteiger partial charge in [0, 0.05) is 19.7 Å². The molecular formula is C11H12F3N5O. The molecule has 1 saturated heterocycles. The molecule has 1 unspecified atom stereocenters. The molecule has 1 aliphatic heterocycles. The van der Waals surface area contributed by atoms with Gasteiger partial charge in [-0.05, 0) is 0 Å². The third kappa shape index (κ3) is 3.08. The fourth-order valence-electron chi connectivity index (χ4n) is 1.79. The molecule has 1 N–H and O–H groups in total. The quantitative estimate of drug-likeness (QED) is 0.883. The Bertz CT molecular complexity index is 528. The van der Waals surface area contributed by atoms with Gasteiger partial charge in [-0.15, -0.1) is 0 Å². The van der Waals surface area contributed by atoms with E-state index in [1.807, 2.05) is 6.07 Å². The van der Waals surface area contributed by atoms with Gasteiger partial charge in [0.05, 0.1) is 19.2 Å². The van der Waals surface area contributed by atoms with Gasteiger partial charge >= 0.3 is 6.18 Å². The summed E-state index contributed by atoms with van der Waals surface area (Å²) >= 11 is 0. The molecule has 0 radical (unpaired) electrons. The molecule has 20 heavy (non-hydrogen) atoms. The van der Waals surface area contributed by atoms with Crippen LogP contribution in [0, 0.1) is 11.3 Å². The number of nitrogens with one attached hydrogen (secondary N) is 1. The fourth-order valence-corrected chi connectivity index (χ4v) is 1.79. The molecule has 1 aromatic rings. The maximum atomic E-state index is 12.7. The number of nitrogens with zero attached hydrogens (tertiary/aromatic N) is 4. The Morgan fingerprint density at radius 2 is 2.25 bits per heavy atom. The smallest absolute Gasteiger partial charge is 0.373 e. The number of ether oxygens (including phenoxy) is 1. The summed E-state index contributed by atoms with van der Waals surface area (Å²) in [4.78, 5) is 8.50. The van der Waals surface area contributed by atoms with Gasteiger partial charge in [-0.2, -0.15) is 18.4 Å². The van der Waals surface area contributed by atoms with E-state index in [0.29, 0.717) is 6.54 Å². The first-order chi connectivity index (χ1) is 9.44. The number of hydrogen-bond donors (Lipinski definition) is 1. The van der Waals surface area contributed by atoms with Crippen molar-refractivity contribution < 1.29 is 17.9 Å². The van der Waals surface area contributed by atoms with Crippen molar-refractivity contribution in [2.75, 3.05) is 37.0 Å². The lowest BCUT2D eigenvalue weighted by Crippen LogP contribution is -2.42. The van der Waals surface area contributed by atoms with Crippen molar-refractivity contribution >= 4 is 11.6 Å². The van der Waals surface area contributed by atoms with Crippen LogP contribution < -0.4 is 10.2 Å². The fraction of sp³-hybridized carbons (Fsp3) is 0.545. The van der Waals surface area contributed by atoms with E-state index in [2.05, 4.69) is 15.3 Å². The Labute approximate surface area is 113 Å². The van der Waals surface area contributed by atoms with Crippen LogP contribution in [0.1, 0.15) is 5.82 Å². The highest BCUT2D eigenvalue weighted by atomic mass is 19.4. The van der Waals surface area contributed by atoms with Crippen molar-refractivity contribution in [1.29, 1.82) is 5.26 Å². The number of hydrogen-bond acceptors (Lipinski definition) is 6. The Morgan fingerprint density at radius 1 is 1.50 bits per heavy atom. The number of nitriles is 1. The van der Waals surface area contributed by atoms with E-state index in [9.17, 15) is 13.2 Å². The maximum absolute atomic E-state index is 12.7. The molecule has 1 atom stereocenters.